The van der Waals surface area contributed by atoms with Gasteiger partial charge in [0.05, 0.1) is 23.3 Å². The van der Waals surface area contributed by atoms with Crippen LogP contribution in [0.1, 0.15) is 11.6 Å². The number of halogens is 1. The van der Waals surface area contributed by atoms with Crippen LogP contribution in [0.5, 0.6) is 0 Å². The minimum absolute atomic E-state index is 0.223. The molecule has 4 heteroatoms. The van der Waals surface area contributed by atoms with Crippen molar-refractivity contribution in [2.24, 2.45) is 4.99 Å². The molecule has 0 spiro atoms. The van der Waals surface area contributed by atoms with Crippen molar-refractivity contribution in [1.82, 2.24) is 4.90 Å². The lowest BCUT2D eigenvalue weighted by atomic mass is 9.98. The maximum absolute atomic E-state index is 6.25. The number of benzene rings is 3. The van der Waals surface area contributed by atoms with Gasteiger partial charge in [-0.05, 0) is 28.5 Å². The quantitative estimate of drug-likeness (QED) is 0.717. The van der Waals surface area contributed by atoms with Crippen molar-refractivity contribution >= 4 is 34.0 Å². The minimum Gasteiger partial charge on any atom is -0.337 e. The van der Waals surface area contributed by atoms with E-state index in [0.29, 0.717) is 5.02 Å². The average Bonchev–Trinajstić information content (AvgIpc) is 2.97. The first-order valence-electron chi connectivity index (χ1n) is 8.00. The maximum Gasteiger partial charge on any atom is 0.198 e. The van der Waals surface area contributed by atoms with Crippen LogP contribution in [0.3, 0.4) is 0 Å². The highest BCUT2D eigenvalue weighted by Crippen LogP contribution is 2.32. The van der Waals surface area contributed by atoms with Crippen LogP contribution in [-0.4, -0.2) is 24.5 Å². The van der Waals surface area contributed by atoms with E-state index in [4.69, 9.17) is 16.6 Å². The summed E-state index contributed by atoms with van der Waals surface area (Å²) in [5, 5.41) is 6.59. The highest BCUT2D eigenvalue weighted by Gasteiger charge is 2.27. The molecule has 1 unspecified atom stereocenters. The van der Waals surface area contributed by atoms with Crippen LogP contribution >= 0.6 is 11.6 Å². The zero-order valence-electron chi connectivity index (χ0n) is 13.4. The molecule has 0 saturated heterocycles. The van der Waals surface area contributed by atoms with Crippen LogP contribution in [0.2, 0.25) is 5.02 Å². The number of fused-ring (bicyclic) bond motifs is 1. The Morgan fingerprint density at radius 3 is 2.62 bits per heavy atom. The van der Waals surface area contributed by atoms with Gasteiger partial charge in [0, 0.05) is 7.05 Å². The Hall–Kier alpha value is -2.52. The normalized spacial score (nSPS) is 17.2. The molecular formula is C20H18ClN3. The van der Waals surface area contributed by atoms with Gasteiger partial charge in [0.25, 0.3) is 0 Å². The van der Waals surface area contributed by atoms with E-state index in [1.807, 2.05) is 24.3 Å². The lowest BCUT2D eigenvalue weighted by Crippen LogP contribution is -2.31. The predicted octanol–water partition coefficient (Wildman–Crippen LogP) is 4.95. The lowest BCUT2D eigenvalue weighted by Gasteiger charge is -2.25. The van der Waals surface area contributed by atoms with E-state index in [-0.39, 0.29) is 6.04 Å². The molecule has 1 heterocycles. The van der Waals surface area contributed by atoms with Crippen molar-refractivity contribution in [2.75, 3.05) is 18.9 Å². The molecule has 1 atom stereocenters. The number of guanidine groups is 1. The smallest absolute Gasteiger partial charge is 0.198 e. The molecule has 0 radical (unpaired) electrons. The molecule has 0 fully saturated rings. The first-order valence-corrected chi connectivity index (χ1v) is 8.38. The highest BCUT2D eigenvalue weighted by molar-refractivity contribution is 6.33. The second kappa shape index (κ2) is 6.17. The monoisotopic (exact) mass is 335 g/mol. The molecule has 1 aliphatic heterocycles. The molecule has 3 aromatic rings. The molecule has 24 heavy (non-hydrogen) atoms. The number of hydrogen-bond acceptors (Lipinski definition) is 3. The van der Waals surface area contributed by atoms with E-state index in [0.717, 1.165) is 18.2 Å². The van der Waals surface area contributed by atoms with Crippen LogP contribution in [0.25, 0.3) is 10.8 Å². The maximum atomic E-state index is 6.25. The summed E-state index contributed by atoms with van der Waals surface area (Å²) in [7, 11) is 2.07. The van der Waals surface area contributed by atoms with Crippen molar-refractivity contribution < 1.29 is 0 Å². The number of nitrogens with zero attached hydrogens (tertiary/aromatic N) is 2. The SMILES string of the molecule is CN1C(Nc2ccccc2Cl)=NCC1c1cccc2ccccc12. The number of para-hydroxylation sites is 1. The van der Waals surface area contributed by atoms with Gasteiger partial charge < -0.3 is 10.2 Å². The molecule has 0 aliphatic carbocycles. The third kappa shape index (κ3) is 2.61. The number of likely N-dealkylation sites (N-methyl/N-ethyl adjacent to an activating group) is 1. The first-order chi connectivity index (χ1) is 11.7. The van der Waals surface area contributed by atoms with Gasteiger partial charge in [-0.15, -0.1) is 0 Å². The Bertz CT molecular complexity index is 914. The third-order valence-electron chi connectivity index (χ3n) is 4.52. The fourth-order valence-electron chi connectivity index (χ4n) is 3.21. The van der Waals surface area contributed by atoms with Gasteiger partial charge in [-0.2, -0.15) is 0 Å². The summed E-state index contributed by atoms with van der Waals surface area (Å²) in [5.74, 6) is 0.848. The number of aliphatic imine (C=N–C) groups is 1. The van der Waals surface area contributed by atoms with Crippen molar-refractivity contribution in [2.45, 2.75) is 6.04 Å². The lowest BCUT2D eigenvalue weighted by molar-refractivity contribution is 0.419. The molecule has 4 rings (SSSR count). The Morgan fingerprint density at radius 2 is 1.75 bits per heavy atom. The summed E-state index contributed by atoms with van der Waals surface area (Å²) in [5.41, 5.74) is 2.18. The van der Waals surface area contributed by atoms with Crippen molar-refractivity contribution in [3.05, 3.63) is 77.3 Å². The van der Waals surface area contributed by atoms with Crippen LogP contribution in [0.15, 0.2) is 71.7 Å². The van der Waals surface area contributed by atoms with Gasteiger partial charge in [0.15, 0.2) is 5.96 Å². The zero-order chi connectivity index (χ0) is 16.5. The van der Waals surface area contributed by atoms with Crippen LogP contribution in [-0.2, 0) is 0 Å². The zero-order valence-corrected chi connectivity index (χ0v) is 14.2. The van der Waals surface area contributed by atoms with E-state index >= 15 is 0 Å². The molecule has 0 aromatic heterocycles. The Labute approximate surface area is 146 Å². The summed E-state index contributed by atoms with van der Waals surface area (Å²) < 4.78 is 0. The van der Waals surface area contributed by atoms with Gasteiger partial charge in [-0.3, -0.25) is 4.99 Å². The molecule has 3 nitrogen and oxygen atoms in total. The van der Waals surface area contributed by atoms with E-state index in [9.17, 15) is 0 Å². The number of anilines is 1. The Morgan fingerprint density at radius 1 is 1.00 bits per heavy atom. The average molecular weight is 336 g/mol. The molecule has 0 bridgehead atoms. The predicted molar refractivity (Wildman–Crippen MR) is 102 cm³/mol. The van der Waals surface area contributed by atoms with Crippen LogP contribution in [0.4, 0.5) is 5.69 Å². The van der Waals surface area contributed by atoms with Gasteiger partial charge >= 0.3 is 0 Å². The number of rotatable bonds is 2. The number of nitrogens with one attached hydrogen (secondary N) is 1. The molecule has 0 saturated carbocycles. The largest absolute Gasteiger partial charge is 0.337 e. The van der Waals surface area contributed by atoms with Crippen molar-refractivity contribution in [1.29, 1.82) is 0 Å². The summed E-state index contributed by atoms with van der Waals surface area (Å²) in [6.45, 7) is 0.733. The molecule has 3 aromatic carbocycles. The summed E-state index contributed by atoms with van der Waals surface area (Å²) >= 11 is 6.25. The summed E-state index contributed by atoms with van der Waals surface area (Å²) in [6.07, 6.45) is 0. The Balaban J connectivity index is 1.63. The minimum atomic E-state index is 0.223. The first kappa shape index (κ1) is 15.0. The second-order valence-electron chi connectivity index (χ2n) is 5.96. The van der Waals surface area contributed by atoms with Crippen LogP contribution in [0, 0.1) is 0 Å². The van der Waals surface area contributed by atoms with Gasteiger partial charge in [-0.1, -0.05) is 66.2 Å². The Kier molecular flexibility index (Phi) is 3.87. The van der Waals surface area contributed by atoms with Gasteiger partial charge in [0.1, 0.15) is 0 Å². The summed E-state index contributed by atoms with van der Waals surface area (Å²) in [4.78, 5) is 6.88. The molecule has 0 amide bonds. The van der Waals surface area contributed by atoms with Gasteiger partial charge in [-0.25, -0.2) is 0 Å². The molecule has 1 aliphatic rings. The topological polar surface area (TPSA) is 27.6 Å². The molecule has 120 valence electrons. The fraction of sp³-hybridized carbons (Fsp3) is 0.150. The van der Waals surface area contributed by atoms with E-state index in [2.05, 4.69) is 59.7 Å². The molecular weight excluding hydrogens is 318 g/mol. The standard InChI is InChI=1S/C20H18ClN3/c1-24-19(16-10-6-8-14-7-2-3-9-15(14)16)13-22-20(24)23-18-12-5-4-11-17(18)21/h2-12,19H,13H2,1H3,(H,22,23). The van der Waals surface area contributed by atoms with Crippen molar-refractivity contribution in [3.8, 4) is 0 Å². The molecule has 1 N–H and O–H groups in total. The summed E-state index contributed by atoms with van der Waals surface area (Å²) in [6, 6.07) is 22.9. The third-order valence-corrected chi connectivity index (χ3v) is 4.85. The van der Waals surface area contributed by atoms with Crippen LogP contribution < -0.4 is 5.32 Å². The van der Waals surface area contributed by atoms with Crippen molar-refractivity contribution in [3.63, 3.8) is 0 Å². The van der Waals surface area contributed by atoms with E-state index in [1.54, 1.807) is 0 Å². The van der Waals surface area contributed by atoms with Gasteiger partial charge in [0.2, 0.25) is 0 Å². The van der Waals surface area contributed by atoms with E-state index < -0.39 is 0 Å². The fourth-order valence-corrected chi connectivity index (χ4v) is 3.40. The van der Waals surface area contributed by atoms with E-state index in [1.165, 1.54) is 16.3 Å². The highest BCUT2D eigenvalue weighted by atomic mass is 35.5. The second-order valence-corrected chi connectivity index (χ2v) is 6.37. The number of hydrogen-bond donors (Lipinski definition) is 1.